The third-order valence-corrected chi connectivity index (χ3v) is 3.96. The average molecular weight is 344 g/mol. The molecule has 19 heavy (non-hydrogen) atoms. The van der Waals surface area contributed by atoms with Gasteiger partial charge in [-0.2, -0.15) is 0 Å². The van der Waals surface area contributed by atoms with E-state index in [2.05, 4.69) is 21.2 Å². The minimum atomic E-state index is -0.808. The highest BCUT2D eigenvalue weighted by atomic mass is 79.9. The van der Waals surface area contributed by atoms with Crippen LogP contribution < -0.4 is 5.32 Å². The van der Waals surface area contributed by atoms with Crippen LogP contribution in [0.5, 0.6) is 0 Å². The van der Waals surface area contributed by atoms with Crippen LogP contribution in [0.3, 0.4) is 0 Å². The van der Waals surface area contributed by atoms with Gasteiger partial charge < -0.3 is 5.32 Å². The van der Waals surface area contributed by atoms with Crippen molar-refractivity contribution in [2.24, 2.45) is 0 Å². The molecular weight excluding hydrogens is 332 g/mol. The van der Waals surface area contributed by atoms with E-state index in [1.807, 2.05) is 24.3 Å². The third-order valence-electron chi connectivity index (χ3n) is 2.44. The first-order valence-electron chi connectivity index (χ1n) is 5.72. The first-order chi connectivity index (χ1) is 9.15. The van der Waals surface area contributed by atoms with E-state index in [1.54, 1.807) is 6.07 Å². The van der Waals surface area contributed by atoms with E-state index >= 15 is 0 Å². The van der Waals surface area contributed by atoms with Crippen LogP contribution in [0.25, 0.3) is 0 Å². The Kier molecular flexibility index (Phi) is 5.22. The molecule has 0 saturated heterocycles. The molecule has 0 bridgehead atoms. The second-order valence-electron chi connectivity index (χ2n) is 3.86. The SMILES string of the molecule is Fc1ccc(SCCNc2ccc(Br)cc2)cc1F. The molecule has 0 aromatic heterocycles. The van der Waals surface area contributed by atoms with Gasteiger partial charge in [0.25, 0.3) is 0 Å². The van der Waals surface area contributed by atoms with Crippen LogP contribution in [0.2, 0.25) is 0 Å². The zero-order valence-corrected chi connectivity index (χ0v) is 12.4. The smallest absolute Gasteiger partial charge is 0.159 e. The third kappa shape index (κ3) is 4.51. The molecule has 0 aliphatic rings. The van der Waals surface area contributed by atoms with Crippen LogP contribution in [-0.4, -0.2) is 12.3 Å². The van der Waals surface area contributed by atoms with Gasteiger partial charge in [-0.15, -0.1) is 11.8 Å². The van der Waals surface area contributed by atoms with Crippen molar-refractivity contribution in [1.82, 2.24) is 0 Å². The summed E-state index contributed by atoms with van der Waals surface area (Å²) in [6.07, 6.45) is 0. The van der Waals surface area contributed by atoms with Crippen LogP contribution in [-0.2, 0) is 0 Å². The Morgan fingerprint density at radius 3 is 2.42 bits per heavy atom. The molecule has 1 N–H and O–H groups in total. The number of thioether (sulfide) groups is 1. The molecule has 1 nitrogen and oxygen atoms in total. The maximum absolute atomic E-state index is 13.0. The zero-order chi connectivity index (χ0) is 13.7. The fraction of sp³-hybridized carbons (Fsp3) is 0.143. The molecule has 2 aromatic carbocycles. The summed E-state index contributed by atoms with van der Waals surface area (Å²) in [6, 6.07) is 11.8. The van der Waals surface area contributed by atoms with Gasteiger partial charge in [0.2, 0.25) is 0 Å². The highest BCUT2D eigenvalue weighted by Crippen LogP contribution is 2.20. The van der Waals surface area contributed by atoms with E-state index in [1.165, 1.54) is 17.8 Å². The molecule has 0 heterocycles. The van der Waals surface area contributed by atoms with Gasteiger partial charge in [0.1, 0.15) is 0 Å². The van der Waals surface area contributed by atoms with Gasteiger partial charge in [0.05, 0.1) is 0 Å². The van der Waals surface area contributed by atoms with Crippen molar-refractivity contribution in [3.05, 3.63) is 58.6 Å². The van der Waals surface area contributed by atoms with Crippen molar-refractivity contribution in [1.29, 1.82) is 0 Å². The van der Waals surface area contributed by atoms with E-state index in [4.69, 9.17) is 0 Å². The van der Waals surface area contributed by atoms with E-state index in [0.717, 1.165) is 33.4 Å². The Balaban J connectivity index is 1.77. The summed E-state index contributed by atoms with van der Waals surface area (Å²) in [7, 11) is 0. The maximum atomic E-state index is 13.0. The van der Waals surface area contributed by atoms with Crippen molar-refractivity contribution in [3.8, 4) is 0 Å². The normalized spacial score (nSPS) is 10.5. The number of hydrogen-bond donors (Lipinski definition) is 1. The van der Waals surface area contributed by atoms with Crippen molar-refractivity contribution in [3.63, 3.8) is 0 Å². The van der Waals surface area contributed by atoms with Crippen molar-refractivity contribution in [2.75, 3.05) is 17.6 Å². The summed E-state index contributed by atoms with van der Waals surface area (Å²) in [5.74, 6) is -0.829. The van der Waals surface area contributed by atoms with E-state index < -0.39 is 11.6 Å². The molecule has 100 valence electrons. The molecule has 5 heteroatoms. The quantitative estimate of drug-likeness (QED) is 0.610. The predicted octanol–water partition coefficient (Wildman–Crippen LogP) is 4.93. The molecule has 0 fully saturated rings. The average Bonchev–Trinajstić information content (AvgIpc) is 2.41. The minimum absolute atomic E-state index is 0.733. The van der Waals surface area contributed by atoms with Crippen LogP contribution in [0.15, 0.2) is 51.8 Å². The number of halogens is 3. The topological polar surface area (TPSA) is 12.0 Å². The number of anilines is 1. The van der Waals surface area contributed by atoms with Gasteiger partial charge in [-0.3, -0.25) is 0 Å². The standard InChI is InChI=1S/C14H12BrF2NS/c15-10-1-3-11(4-2-10)18-7-8-19-12-5-6-13(16)14(17)9-12/h1-6,9,18H,7-8H2. The first kappa shape index (κ1) is 14.3. The molecule has 0 aliphatic carbocycles. The number of rotatable bonds is 5. The fourth-order valence-electron chi connectivity index (χ4n) is 1.50. The number of benzene rings is 2. The molecule has 0 amide bonds. The maximum Gasteiger partial charge on any atom is 0.159 e. The fourth-order valence-corrected chi connectivity index (χ4v) is 2.55. The minimum Gasteiger partial charge on any atom is -0.384 e. The van der Waals surface area contributed by atoms with Crippen LogP contribution in [0.1, 0.15) is 0 Å². The predicted molar refractivity (Wildman–Crippen MR) is 79.7 cm³/mol. The molecule has 0 saturated carbocycles. The van der Waals surface area contributed by atoms with Crippen LogP contribution in [0, 0.1) is 11.6 Å². The van der Waals surface area contributed by atoms with Crippen molar-refractivity contribution < 1.29 is 8.78 Å². The second-order valence-corrected chi connectivity index (χ2v) is 5.94. The summed E-state index contributed by atoms with van der Waals surface area (Å²) >= 11 is 4.86. The van der Waals surface area contributed by atoms with Gasteiger partial charge in [0.15, 0.2) is 11.6 Å². The summed E-state index contributed by atoms with van der Waals surface area (Å²) in [4.78, 5) is 0.733. The Morgan fingerprint density at radius 2 is 1.74 bits per heavy atom. The van der Waals surface area contributed by atoms with Gasteiger partial charge in [0, 0.05) is 27.4 Å². The van der Waals surface area contributed by atoms with E-state index in [-0.39, 0.29) is 0 Å². The lowest BCUT2D eigenvalue weighted by Crippen LogP contribution is -2.03. The Hall–Kier alpha value is -1.07. The van der Waals surface area contributed by atoms with Crippen LogP contribution in [0.4, 0.5) is 14.5 Å². The van der Waals surface area contributed by atoms with E-state index in [0.29, 0.717) is 0 Å². The molecule has 2 rings (SSSR count). The lowest BCUT2D eigenvalue weighted by Gasteiger charge is -2.06. The highest BCUT2D eigenvalue weighted by Gasteiger charge is 2.02. The number of nitrogens with one attached hydrogen (secondary N) is 1. The number of hydrogen-bond acceptors (Lipinski definition) is 2. The van der Waals surface area contributed by atoms with Gasteiger partial charge in [-0.25, -0.2) is 8.78 Å². The van der Waals surface area contributed by atoms with Gasteiger partial charge >= 0.3 is 0 Å². The Morgan fingerprint density at radius 1 is 1.00 bits per heavy atom. The Bertz CT molecular complexity index is 546. The summed E-state index contributed by atoms with van der Waals surface area (Å²) in [5, 5.41) is 3.26. The van der Waals surface area contributed by atoms with Crippen molar-refractivity contribution in [2.45, 2.75) is 4.90 Å². The molecule has 0 spiro atoms. The summed E-state index contributed by atoms with van der Waals surface area (Å²) in [5.41, 5.74) is 1.04. The largest absolute Gasteiger partial charge is 0.384 e. The molecule has 2 aromatic rings. The second kappa shape index (κ2) is 6.91. The van der Waals surface area contributed by atoms with Gasteiger partial charge in [-0.1, -0.05) is 15.9 Å². The van der Waals surface area contributed by atoms with Gasteiger partial charge in [-0.05, 0) is 42.5 Å². The first-order valence-corrected chi connectivity index (χ1v) is 7.50. The lowest BCUT2D eigenvalue weighted by atomic mass is 10.3. The van der Waals surface area contributed by atoms with Crippen LogP contribution >= 0.6 is 27.7 Å². The molecular formula is C14H12BrF2NS. The molecule has 0 atom stereocenters. The van der Waals surface area contributed by atoms with Crippen molar-refractivity contribution >= 4 is 33.4 Å². The highest BCUT2D eigenvalue weighted by molar-refractivity contribution is 9.10. The Labute approximate surface area is 123 Å². The summed E-state index contributed by atoms with van der Waals surface area (Å²) in [6.45, 7) is 0.755. The zero-order valence-electron chi connectivity index (χ0n) is 10.00. The molecule has 0 unspecified atom stereocenters. The molecule has 0 aliphatic heterocycles. The monoisotopic (exact) mass is 343 g/mol. The van der Waals surface area contributed by atoms with E-state index in [9.17, 15) is 8.78 Å². The molecule has 0 radical (unpaired) electrons. The summed E-state index contributed by atoms with van der Waals surface area (Å²) < 4.78 is 26.8. The lowest BCUT2D eigenvalue weighted by molar-refractivity contribution is 0.506.